The molecule has 0 atom stereocenters. The fraction of sp³-hybridized carbons (Fsp3) is 0.600. The van der Waals surface area contributed by atoms with Crippen LogP contribution in [0.4, 0.5) is 0 Å². The lowest BCUT2D eigenvalue weighted by atomic mass is 9.91. The molecular weight excluding hydrogens is 314 g/mol. The fourth-order valence-corrected chi connectivity index (χ4v) is 3.68. The number of rotatable bonds is 5. The molecule has 0 aliphatic carbocycles. The molecule has 136 valence electrons. The normalized spacial score (nSPS) is 19.5. The smallest absolute Gasteiger partial charge is 0.226 e. The first kappa shape index (κ1) is 17.9. The van der Waals surface area contributed by atoms with Gasteiger partial charge in [-0.2, -0.15) is 0 Å². The van der Waals surface area contributed by atoms with E-state index in [1.807, 2.05) is 11.0 Å². The van der Waals surface area contributed by atoms with Crippen molar-refractivity contribution < 1.29 is 9.59 Å². The van der Waals surface area contributed by atoms with Crippen molar-refractivity contribution in [3.05, 3.63) is 35.4 Å². The summed E-state index contributed by atoms with van der Waals surface area (Å²) in [6, 6.07) is 8.36. The maximum Gasteiger partial charge on any atom is 0.226 e. The third-order valence-corrected chi connectivity index (χ3v) is 5.43. The minimum absolute atomic E-state index is 0.0345. The molecule has 2 heterocycles. The minimum Gasteiger partial charge on any atom is -0.355 e. The van der Waals surface area contributed by atoms with Crippen LogP contribution in [0, 0.1) is 18.8 Å². The summed E-state index contributed by atoms with van der Waals surface area (Å²) in [5, 5.41) is 3.01. The van der Waals surface area contributed by atoms with E-state index in [0.29, 0.717) is 19.6 Å². The van der Waals surface area contributed by atoms with Crippen LogP contribution >= 0.6 is 0 Å². The Kier molecular flexibility index (Phi) is 5.74. The fourth-order valence-electron chi connectivity index (χ4n) is 3.68. The number of carbonyl (C=O) groups excluding carboxylic acids is 2. The average Bonchev–Trinajstić information content (AvgIpc) is 2.54. The topological polar surface area (TPSA) is 52.7 Å². The summed E-state index contributed by atoms with van der Waals surface area (Å²) in [4.78, 5) is 28.8. The summed E-state index contributed by atoms with van der Waals surface area (Å²) in [5.74, 6) is 0.450. The molecule has 2 amide bonds. The molecule has 0 saturated carbocycles. The number of hydrogen-bond acceptors (Lipinski definition) is 3. The second-order valence-electron chi connectivity index (χ2n) is 7.55. The number of hydrogen-bond donors (Lipinski definition) is 1. The van der Waals surface area contributed by atoms with Gasteiger partial charge >= 0.3 is 0 Å². The second-order valence-corrected chi connectivity index (χ2v) is 7.55. The summed E-state index contributed by atoms with van der Waals surface area (Å²) < 4.78 is 0. The van der Waals surface area contributed by atoms with E-state index >= 15 is 0 Å². The predicted molar refractivity (Wildman–Crippen MR) is 98.2 cm³/mol. The van der Waals surface area contributed by atoms with E-state index in [1.54, 1.807) is 0 Å². The summed E-state index contributed by atoms with van der Waals surface area (Å²) >= 11 is 0. The summed E-state index contributed by atoms with van der Waals surface area (Å²) in [6.07, 6.45) is 2.73. The highest BCUT2D eigenvalue weighted by atomic mass is 16.2. The quantitative estimate of drug-likeness (QED) is 0.880. The number of benzene rings is 1. The van der Waals surface area contributed by atoms with Gasteiger partial charge in [-0.25, -0.2) is 0 Å². The zero-order chi connectivity index (χ0) is 17.8. The van der Waals surface area contributed by atoms with Crippen molar-refractivity contribution in [1.82, 2.24) is 15.1 Å². The molecule has 2 fully saturated rings. The Morgan fingerprint density at radius 1 is 1.16 bits per heavy atom. The Morgan fingerprint density at radius 3 is 2.56 bits per heavy atom. The minimum atomic E-state index is -0.0345. The van der Waals surface area contributed by atoms with Gasteiger partial charge in [0.1, 0.15) is 0 Å². The van der Waals surface area contributed by atoms with E-state index in [4.69, 9.17) is 0 Å². The van der Waals surface area contributed by atoms with Crippen LogP contribution in [0.1, 0.15) is 24.0 Å². The van der Waals surface area contributed by atoms with Crippen LogP contribution in [0.25, 0.3) is 0 Å². The van der Waals surface area contributed by atoms with Crippen LogP contribution in [-0.2, 0) is 16.0 Å². The van der Waals surface area contributed by atoms with Crippen molar-refractivity contribution in [2.75, 3.05) is 39.8 Å². The summed E-state index contributed by atoms with van der Waals surface area (Å²) in [6.45, 7) is 5.89. The Labute approximate surface area is 150 Å². The number of nitrogens with zero attached hydrogens (tertiary/aromatic N) is 2. The van der Waals surface area contributed by atoms with Crippen LogP contribution in [-0.4, -0.2) is 61.4 Å². The first-order chi connectivity index (χ1) is 12.0. The van der Waals surface area contributed by atoms with E-state index in [2.05, 4.69) is 42.4 Å². The van der Waals surface area contributed by atoms with Gasteiger partial charge in [0.2, 0.25) is 11.8 Å². The summed E-state index contributed by atoms with van der Waals surface area (Å²) in [5.41, 5.74) is 2.49. The first-order valence-electron chi connectivity index (χ1n) is 9.33. The van der Waals surface area contributed by atoms with Crippen LogP contribution in [0.5, 0.6) is 0 Å². The van der Waals surface area contributed by atoms with Gasteiger partial charge < -0.3 is 15.1 Å². The van der Waals surface area contributed by atoms with Crippen LogP contribution in [0.2, 0.25) is 0 Å². The Balaban J connectivity index is 1.36. The van der Waals surface area contributed by atoms with Crippen molar-refractivity contribution in [2.45, 2.75) is 26.2 Å². The number of likely N-dealkylation sites (tertiary alicyclic amines) is 2. The standard InChI is InChI=1S/C20H29N3O2/c1-15-4-3-5-16(12-15)6-9-21-19(24)18-13-23(14-18)20(25)17-7-10-22(2)11-8-17/h3-5,12,17-18H,6-11,13-14H2,1-2H3,(H,21,24). The van der Waals surface area contributed by atoms with Gasteiger partial charge in [-0.1, -0.05) is 29.8 Å². The molecular formula is C20H29N3O2. The van der Waals surface area contributed by atoms with Crippen molar-refractivity contribution in [3.8, 4) is 0 Å². The second kappa shape index (κ2) is 8.00. The Hall–Kier alpha value is -1.88. The monoisotopic (exact) mass is 343 g/mol. The van der Waals surface area contributed by atoms with E-state index in [-0.39, 0.29) is 23.7 Å². The van der Waals surface area contributed by atoms with Gasteiger partial charge in [0.15, 0.2) is 0 Å². The van der Waals surface area contributed by atoms with Gasteiger partial charge in [0.25, 0.3) is 0 Å². The lowest BCUT2D eigenvalue weighted by molar-refractivity contribution is -0.147. The first-order valence-corrected chi connectivity index (χ1v) is 9.33. The van der Waals surface area contributed by atoms with Gasteiger partial charge in [0, 0.05) is 25.6 Å². The van der Waals surface area contributed by atoms with Crippen molar-refractivity contribution in [1.29, 1.82) is 0 Å². The molecule has 0 spiro atoms. The molecule has 1 aromatic carbocycles. The molecule has 25 heavy (non-hydrogen) atoms. The number of piperidine rings is 1. The van der Waals surface area contributed by atoms with Gasteiger partial charge in [-0.15, -0.1) is 0 Å². The SMILES string of the molecule is Cc1cccc(CCNC(=O)C2CN(C(=O)C3CCN(C)CC3)C2)c1. The van der Waals surface area contributed by atoms with E-state index in [1.165, 1.54) is 11.1 Å². The van der Waals surface area contributed by atoms with Crippen LogP contribution in [0.3, 0.4) is 0 Å². The zero-order valence-corrected chi connectivity index (χ0v) is 15.3. The number of carbonyl (C=O) groups is 2. The van der Waals surface area contributed by atoms with Gasteiger partial charge in [-0.05, 0) is 51.9 Å². The molecule has 5 heteroatoms. The molecule has 2 aliphatic rings. The third-order valence-electron chi connectivity index (χ3n) is 5.43. The molecule has 0 aromatic heterocycles. The molecule has 0 radical (unpaired) electrons. The van der Waals surface area contributed by atoms with Crippen molar-refractivity contribution >= 4 is 11.8 Å². The van der Waals surface area contributed by atoms with Crippen LogP contribution < -0.4 is 5.32 Å². The van der Waals surface area contributed by atoms with E-state index < -0.39 is 0 Å². The maximum absolute atomic E-state index is 12.5. The molecule has 0 unspecified atom stereocenters. The zero-order valence-electron chi connectivity index (χ0n) is 15.3. The van der Waals surface area contributed by atoms with Gasteiger partial charge in [-0.3, -0.25) is 9.59 Å². The molecule has 2 aliphatic heterocycles. The van der Waals surface area contributed by atoms with Crippen LogP contribution in [0.15, 0.2) is 24.3 Å². The molecule has 0 bridgehead atoms. The highest BCUT2D eigenvalue weighted by molar-refractivity contribution is 5.85. The molecule has 5 nitrogen and oxygen atoms in total. The lowest BCUT2D eigenvalue weighted by Crippen LogP contribution is -2.57. The summed E-state index contributed by atoms with van der Waals surface area (Å²) in [7, 11) is 2.10. The largest absolute Gasteiger partial charge is 0.355 e. The maximum atomic E-state index is 12.5. The molecule has 2 saturated heterocycles. The number of amides is 2. The molecule has 1 aromatic rings. The highest BCUT2D eigenvalue weighted by Gasteiger charge is 2.38. The third kappa shape index (κ3) is 4.60. The van der Waals surface area contributed by atoms with E-state index in [0.717, 1.165) is 32.4 Å². The lowest BCUT2D eigenvalue weighted by Gasteiger charge is -2.41. The van der Waals surface area contributed by atoms with Crippen molar-refractivity contribution in [2.24, 2.45) is 11.8 Å². The Morgan fingerprint density at radius 2 is 1.88 bits per heavy atom. The number of nitrogens with one attached hydrogen (secondary N) is 1. The molecule has 3 rings (SSSR count). The highest BCUT2D eigenvalue weighted by Crippen LogP contribution is 2.24. The molecule has 1 N–H and O–H groups in total. The number of aryl methyl sites for hydroxylation is 1. The Bertz CT molecular complexity index is 617. The average molecular weight is 343 g/mol. The van der Waals surface area contributed by atoms with Crippen molar-refractivity contribution in [3.63, 3.8) is 0 Å². The van der Waals surface area contributed by atoms with Gasteiger partial charge in [0.05, 0.1) is 5.92 Å². The van der Waals surface area contributed by atoms with E-state index in [9.17, 15) is 9.59 Å². The predicted octanol–water partition coefficient (Wildman–Crippen LogP) is 1.45.